The third kappa shape index (κ3) is 1.87. The molecule has 0 fully saturated rings. The molecule has 7 rings (SSSR count). The van der Waals surface area contributed by atoms with Crippen molar-refractivity contribution in [2.75, 3.05) is 0 Å². The minimum Gasteiger partial charge on any atom is -0.353 e. The predicted molar refractivity (Wildman–Crippen MR) is 118 cm³/mol. The minimum atomic E-state index is -0.416. The molecule has 2 aliphatic heterocycles. The molecule has 4 heterocycles. The Kier molecular flexibility index (Phi) is 2.83. The molecule has 0 radical (unpaired) electrons. The van der Waals surface area contributed by atoms with E-state index in [1.165, 1.54) is 6.07 Å². The summed E-state index contributed by atoms with van der Waals surface area (Å²) in [7, 11) is 0. The van der Waals surface area contributed by atoms with Gasteiger partial charge in [0.05, 0.1) is 27.7 Å². The number of fused-ring (bicyclic) bond motifs is 10. The van der Waals surface area contributed by atoms with Gasteiger partial charge in [-0.1, -0.05) is 32.0 Å². The van der Waals surface area contributed by atoms with E-state index in [4.69, 9.17) is 0 Å². The number of para-hydroxylation sites is 1. The number of hydrogen-bond acceptors (Lipinski definition) is 2. The molecule has 2 amide bonds. The van der Waals surface area contributed by atoms with Crippen LogP contribution in [0.25, 0.3) is 43.6 Å². The van der Waals surface area contributed by atoms with Crippen molar-refractivity contribution in [2.45, 2.75) is 32.2 Å². The molecule has 5 aromatic rings. The van der Waals surface area contributed by atoms with Gasteiger partial charge in [0, 0.05) is 33.6 Å². The number of carbonyl (C=O) groups is 2. The van der Waals surface area contributed by atoms with E-state index >= 15 is 0 Å². The lowest BCUT2D eigenvalue weighted by Gasteiger charge is -2.32. The van der Waals surface area contributed by atoms with Crippen LogP contribution in [0.1, 0.15) is 46.5 Å². The third-order valence-corrected chi connectivity index (χ3v) is 7.18. The summed E-state index contributed by atoms with van der Waals surface area (Å²) in [5.74, 6) is -1.14. The summed E-state index contributed by atoms with van der Waals surface area (Å²) < 4.78 is 17.0. The number of rotatable bonds is 0. The zero-order valence-corrected chi connectivity index (χ0v) is 17.0. The number of H-pyrrole nitrogens is 1. The molecular formula is C25H18FN3O2. The fraction of sp³-hybridized carbons (Fsp3) is 0.200. The Morgan fingerprint density at radius 3 is 2.52 bits per heavy atom. The summed E-state index contributed by atoms with van der Waals surface area (Å²) in [6.07, 6.45) is 0.853. The number of halogens is 1. The Hall–Kier alpha value is -3.67. The number of amides is 2. The molecule has 2 N–H and O–H groups in total. The highest BCUT2D eigenvalue weighted by Gasteiger charge is 2.38. The average molecular weight is 411 g/mol. The van der Waals surface area contributed by atoms with Crippen LogP contribution >= 0.6 is 0 Å². The van der Waals surface area contributed by atoms with Crippen molar-refractivity contribution in [1.29, 1.82) is 0 Å². The molecule has 0 atom stereocenters. The number of nitrogens with zero attached hydrogens (tertiary/aromatic N) is 1. The first kappa shape index (κ1) is 17.1. The number of aryl methyl sites for hydroxylation is 1. The van der Waals surface area contributed by atoms with Crippen LogP contribution in [0, 0.1) is 5.82 Å². The smallest absolute Gasteiger partial charge is 0.259 e. The maximum atomic E-state index is 14.8. The number of carbonyl (C=O) groups excluding carboxylic acids is 2. The normalized spacial score (nSPS) is 17.3. The Labute approximate surface area is 175 Å². The van der Waals surface area contributed by atoms with E-state index in [-0.39, 0.29) is 11.2 Å². The van der Waals surface area contributed by atoms with E-state index in [1.54, 1.807) is 6.07 Å². The van der Waals surface area contributed by atoms with Crippen LogP contribution < -0.4 is 5.32 Å². The highest BCUT2D eigenvalue weighted by atomic mass is 19.1. The number of benzene rings is 3. The van der Waals surface area contributed by atoms with Gasteiger partial charge in [-0.25, -0.2) is 4.39 Å². The Bertz CT molecular complexity index is 1690. The largest absolute Gasteiger partial charge is 0.353 e. The second-order valence-electron chi connectivity index (χ2n) is 9.31. The fourth-order valence-corrected chi connectivity index (χ4v) is 5.74. The summed E-state index contributed by atoms with van der Waals surface area (Å²) in [6.45, 7) is 5.01. The molecule has 6 heteroatoms. The average Bonchev–Trinajstić information content (AvgIpc) is 3.35. The third-order valence-electron chi connectivity index (χ3n) is 7.18. The van der Waals surface area contributed by atoms with E-state index in [1.807, 2.05) is 24.3 Å². The monoisotopic (exact) mass is 411 g/mol. The van der Waals surface area contributed by atoms with Gasteiger partial charge in [-0.15, -0.1) is 0 Å². The lowest BCUT2D eigenvalue weighted by atomic mass is 9.78. The van der Waals surface area contributed by atoms with Crippen LogP contribution in [-0.2, 0) is 12.0 Å². The van der Waals surface area contributed by atoms with E-state index in [0.29, 0.717) is 21.9 Å². The van der Waals surface area contributed by atoms with E-state index in [2.05, 4.69) is 28.7 Å². The molecule has 2 aromatic heterocycles. The Balaban J connectivity index is 1.87. The summed E-state index contributed by atoms with van der Waals surface area (Å²) in [5, 5.41) is 5.49. The van der Waals surface area contributed by atoms with E-state index in [0.717, 1.165) is 51.4 Å². The first-order chi connectivity index (χ1) is 14.9. The molecule has 3 aromatic carbocycles. The van der Waals surface area contributed by atoms with Crippen molar-refractivity contribution in [2.24, 2.45) is 0 Å². The number of imide groups is 1. The van der Waals surface area contributed by atoms with Crippen molar-refractivity contribution in [3.63, 3.8) is 0 Å². The van der Waals surface area contributed by atoms with Gasteiger partial charge in [-0.05, 0) is 35.6 Å². The van der Waals surface area contributed by atoms with E-state index in [9.17, 15) is 14.0 Å². The van der Waals surface area contributed by atoms with Crippen LogP contribution in [0.4, 0.5) is 4.39 Å². The lowest BCUT2D eigenvalue weighted by molar-refractivity contribution is 0.0880. The Morgan fingerprint density at radius 2 is 1.71 bits per heavy atom. The number of aromatic nitrogens is 2. The molecular weight excluding hydrogens is 393 g/mol. The summed E-state index contributed by atoms with van der Waals surface area (Å²) in [4.78, 5) is 29.4. The topological polar surface area (TPSA) is 66.9 Å². The molecule has 0 spiro atoms. The maximum Gasteiger partial charge on any atom is 0.259 e. The molecule has 0 bridgehead atoms. The van der Waals surface area contributed by atoms with Gasteiger partial charge in [0.15, 0.2) is 0 Å². The standard InChI is InChI=1S/C25H18FN3O2/c1-25(2)7-8-29-21-13(9-11(26)10-14(21)25)17-19-18(23(30)28-24(19)31)16-12-5-3-4-6-15(12)27-20(16)22(17)29/h3-6,9-10,27H,7-8H2,1-2H3,(H,28,30,31). The van der Waals surface area contributed by atoms with Crippen molar-refractivity contribution in [1.82, 2.24) is 14.9 Å². The number of hydrogen-bond donors (Lipinski definition) is 2. The molecule has 2 aliphatic rings. The minimum absolute atomic E-state index is 0.189. The predicted octanol–water partition coefficient (Wildman–Crippen LogP) is 5.13. The number of aromatic amines is 1. The quantitative estimate of drug-likeness (QED) is 0.347. The van der Waals surface area contributed by atoms with Crippen molar-refractivity contribution < 1.29 is 14.0 Å². The van der Waals surface area contributed by atoms with Crippen LogP contribution in [0.15, 0.2) is 36.4 Å². The second-order valence-corrected chi connectivity index (χ2v) is 9.31. The van der Waals surface area contributed by atoms with Crippen molar-refractivity contribution in [3.8, 4) is 0 Å². The summed E-state index contributed by atoms with van der Waals surface area (Å²) in [6, 6.07) is 10.9. The van der Waals surface area contributed by atoms with Crippen LogP contribution in [-0.4, -0.2) is 21.4 Å². The molecule has 152 valence electrons. The van der Waals surface area contributed by atoms with Gasteiger partial charge < -0.3 is 9.55 Å². The molecule has 0 unspecified atom stereocenters. The summed E-state index contributed by atoms with van der Waals surface area (Å²) >= 11 is 0. The van der Waals surface area contributed by atoms with Gasteiger partial charge in [-0.3, -0.25) is 14.9 Å². The van der Waals surface area contributed by atoms with Gasteiger partial charge in [0.1, 0.15) is 5.82 Å². The van der Waals surface area contributed by atoms with Gasteiger partial charge in [0.2, 0.25) is 0 Å². The maximum absolute atomic E-state index is 14.8. The van der Waals surface area contributed by atoms with E-state index < -0.39 is 11.8 Å². The van der Waals surface area contributed by atoms with Crippen LogP contribution in [0.2, 0.25) is 0 Å². The first-order valence-electron chi connectivity index (χ1n) is 10.4. The molecule has 5 nitrogen and oxygen atoms in total. The zero-order valence-electron chi connectivity index (χ0n) is 17.0. The zero-order chi connectivity index (χ0) is 21.2. The number of nitrogens with one attached hydrogen (secondary N) is 2. The fourth-order valence-electron chi connectivity index (χ4n) is 5.74. The highest BCUT2D eigenvalue weighted by Crippen LogP contribution is 2.48. The van der Waals surface area contributed by atoms with Crippen molar-refractivity contribution >= 4 is 55.4 Å². The highest BCUT2D eigenvalue weighted by molar-refractivity contribution is 6.39. The summed E-state index contributed by atoms with van der Waals surface area (Å²) in [5.41, 5.74) is 5.03. The Morgan fingerprint density at radius 1 is 0.968 bits per heavy atom. The molecule has 0 saturated heterocycles. The first-order valence-corrected chi connectivity index (χ1v) is 10.4. The molecule has 0 aliphatic carbocycles. The van der Waals surface area contributed by atoms with Gasteiger partial charge >= 0.3 is 0 Å². The molecule has 31 heavy (non-hydrogen) atoms. The van der Waals surface area contributed by atoms with Crippen LogP contribution in [0.5, 0.6) is 0 Å². The van der Waals surface area contributed by atoms with Gasteiger partial charge in [0.25, 0.3) is 11.8 Å². The van der Waals surface area contributed by atoms with Crippen molar-refractivity contribution in [3.05, 3.63) is 58.9 Å². The lowest BCUT2D eigenvalue weighted by Crippen LogP contribution is -2.25. The van der Waals surface area contributed by atoms with Gasteiger partial charge in [-0.2, -0.15) is 0 Å². The molecule has 0 saturated carbocycles. The SMILES string of the molecule is CC1(C)CCn2c3c1cc(F)cc3c1c3c(c4c5ccccc5[nH]c4c12)C(=O)NC3=O. The van der Waals surface area contributed by atoms with Crippen LogP contribution in [0.3, 0.4) is 0 Å². The second kappa shape index (κ2) is 5.14.